The minimum atomic E-state index is -0.186. The smallest absolute Gasteiger partial charge is 0.264 e. The molecular formula is C26H23N3O2S. The molecule has 3 aromatic carbocycles. The van der Waals surface area contributed by atoms with E-state index in [1.54, 1.807) is 18.2 Å². The first-order valence-electron chi connectivity index (χ1n) is 10.2. The van der Waals surface area contributed by atoms with Gasteiger partial charge in [0, 0.05) is 11.3 Å². The number of anilines is 1. The van der Waals surface area contributed by atoms with Crippen molar-refractivity contribution in [2.45, 2.75) is 20.8 Å². The zero-order chi connectivity index (χ0) is 22.7. The molecule has 1 saturated heterocycles. The molecule has 0 aromatic heterocycles. The van der Waals surface area contributed by atoms with Crippen LogP contribution in [0.5, 0.6) is 0 Å². The number of carbonyl (C=O) groups is 2. The molecule has 1 aliphatic rings. The predicted octanol–water partition coefficient (Wildman–Crippen LogP) is 5.76. The maximum absolute atomic E-state index is 12.5. The van der Waals surface area contributed by atoms with Gasteiger partial charge in [0.05, 0.1) is 10.6 Å². The van der Waals surface area contributed by atoms with E-state index in [0.717, 1.165) is 27.9 Å². The van der Waals surface area contributed by atoms with Crippen molar-refractivity contribution in [3.8, 4) is 0 Å². The fourth-order valence-corrected chi connectivity index (χ4v) is 4.16. The van der Waals surface area contributed by atoms with Crippen molar-refractivity contribution in [3.05, 3.63) is 99.5 Å². The van der Waals surface area contributed by atoms with Crippen LogP contribution in [0.4, 0.5) is 11.4 Å². The molecular weight excluding hydrogens is 418 g/mol. The van der Waals surface area contributed by atoms with E-state index in [-0.39, 0.29) is 11.8 Å². The van der Waals surface area contributed by atoms with E-state index < -0.39 is 0 Å². The summed E-state index contributed by atoms with van der Waals surface area (Å²) < 4.78 is 0. The number of nitrogens with zero attached hydrogens (tertiary/aromatic N) is 1. The van der Waals surface area contributed by atoms with E-state index in [4.69, 9.17) is 0 Å². The summed E-state index contributed by atoms with van der Waals surface area (Å²) in [5.74, 6) is -0.361. The van der Waals surface area contributed by atoms with E-state index in [2.05, 4.69) is 15.6 Å². The van der Waals surface area contributed by atoms with Gasteiger partial charge in [-0.25, -0.2) is 4.99 Å². The Bertz CT molecular complexity index is 1240. The lowest BCUT2D eigenvalue weighted by Gasteiger charge is -2.06. The maximum Gasteiger partial charge on any atom is 0.264 e. The van der Waals surface area contributed by atoms with Gasteiger partial charge in [-0.1, -0.05) is 48.0 Å². The first-order chi connectivity index (χ1) is 15.4. The lowest BCUT2D eigenvalue weighted by molar-refractivity contribution is -0.115. The van der Waals surface area contributed by atoms with Crippen LogP contribution in [0, 0.1) is 20.8 Å². The molecule has 4 rings (SSSR count). The third kappa shape index (κ3) is 4.98. The van der Waals surface area contributed by atoms with Crippen molar-refractivity contribution in [1.29, 1.82) is 0 Å². The van der Waals surface area contributed by atoms with Crippen molar-refractivity contribution in [1.82, 2.24) is 5.32 Å². The summed E-state index contributed by atoms with van der Waals surface area (Å²) in [5.41, 5.74) is 6.16. The quantitative estimate of drug-likeness (QED) is 0.506. The molecule has 0 unspecified atom stereocenters. The summed E-state index contributed by atoms with van der Waals surface area (Å²) >= 11 is 1.31. The lowest BCUT2D eigenvalue weighted by atomic mass is 10.1. The second kappa shape index (κ2) is 9.24. The van der Waals surface area contributed by atoms with Crippen LogP contribution < -0.4 is 10.6 Å². The third-order valence-corrected chi connectivity index (χ3v) is 5.97. The summed E-state index contributed by atoms with van der Waals surface area (Å²) in [6.07, 6.45) is 1.80. The normalized spacial score (nSPS) is 15.8. The lowest BCUT2D eigenvalue weighted by Crippen LogP contribution is -2.19. The van der Waals surface area contributed by atoms with Crippen molar-refractivity contribution in [3.63, 3.8) is 0 Å². The summed E-state index contributed by atoms with van der Waals surface area (Å²) in [6, 6.07) is 20.8. The number of amides is 2. The molecule has 0 spiro atoms. The number of amidine groups is 1. The average Bonchev–Trinajstić information content (AvgIpc) is 3.10. The van der Waals surface area contributed by atoms with Crippen LogP contribution in [0.3, 0.4) is 0 Å². The Morgan fingerprint density at radius 1 is 0.969 bits per heavy atom. The van der Waals surface area contributed by atoms with Gasteiger partial charge in [-0.15, -0.1) is 0 Å². The molecule has 0 bridgehead atoms. The van der Waals surface area contributed by atoms with Crippen LogP contribution in [0.15, 0.2) is 76.6 Å². The molecule has 1 fully saturated rings. The van der Waals surface area contributed by atoms with Crippen LogP contribution in [0.1, 0.15) is 32.6 Å². The molecule has 2 N–H and O–H groups in total. The van der Waals surface area contributed by atoms with Crippen molar-refractivity contribution < 1.29 is 9.59 Å². The molecule has 0 atom stereocenters. The molecule has 6 heteroatoms. The zero-order valence-electron chi connectivity index (χ0n) is 18.1. The maximum atomic E-state index is 12.5. The number of aryl methyl sites for hydroxylation is 3. The molecule has 32 heavy (non-hydrogen) atoms. The highest BCUT2D eigenvalue weighted by atomic mass is 32.2. The minimum Gasteiger partial charge on any atom is -0.322 e. The number of nitrogens with one attached hydrogen (secondary N) is 2. The molecule has 3 aromatic rings. The first-order valence-corrected chi connectivity index (χ1v) is 11.0. The van der Waals surface area contributed by atoms with Gasteiger partial charge in [0.25, 0.3) is 11.8 Å². The van der Waals surface area contributed by atoms with Crippen LogP contribution in [-0.4, -0.2) is 17.0 Å². The Balaban J connectivity index is 1.51. The van der Waals surface area contributed by atoms with Gasteiger partial charge in [0.1, 0.15) is 0 Å². The average molecular weight is 442 g/mol. The van der Waals surface area contributed by atoms with Gasteiger partial charge in [-0.05, 0) is 79.6 Å². The van der Waals surface area contributed by atoms with E-state index >= 15 is 0 Å². The highest BCUT2D eigenvalue weighted by Gasteiger charge is 2.24. The number of carbonyl (C=O) groups excluding carboxylic acids is 2. The van der Waals surface area contributed by atoms with Gasteiger partial charge in [-0.3, -0.25) is 9.59 Å². The largest absolute Gasteiger partial charge is 0.322 e. The molecule has 0 radical (unpaired) electrons. The highest BCUT2D eigenvalue weighted by molar-refractivity contribution is 8.18. The standard InChI is InChI=1S/C26H23N3O2S/c1-16-10-12-20(13-11-16)24(30)27-21-9-5-8-19(14-21)15-22-25(31)29-26(32-22)28-23-17(2)6-4-7-18(23)3/h4-15H,1-3H3,(H,27,30)(H,28,29,31)/b22-15-. The summed E-state index contributed by atoms with van der Waals surface area (Å²) in [5, 5.41) is 6.30. The van der Waals surface area contributed by atoms with Gasteiger partial charge < -0.3 is 10.6 Å². The topological polar surface area (TPSA) is 70.6 Å². The summed E-state index contributed by atoms with van der Waals surface area (Å²) in [6.45, 7) is 5.98. The number of rotatable bonds is 4. The van der Waals surface area contributed by atoms with Gasteiger partial charge in [-0.2, -0.15) is 0 Å². The van der Waals surface area contributed by atoms with Crippen molar-refractivity contribution >= 4 is 46.2 Å². The summed E-state index contributed by atoms with van der Waals surface area (Å²) in [4.78, 5) is 30.2. The van der Waals surface area contributed by atoms with Crippen LogP contribution >= 0.6 is 11.8 Å². The van der Waals surface area contributed by atoms with E-state index in [9.17, 15) is 9.59 Å². The number of aliphatic imine (C=N–C) groups is 1. The van der Waals surface area contributed by atoms with E-state index in [0.29, 0.717) is 21.3 Å². The third-order valence-electron chi connectivity index (χ3n) is 5.06. The number of hydrogen-bond donors (Lipinski definition) is 2. The molecule has 2 amide bonds. The van der Waals surface area contributed by atoms with Crippen LogP contribution in [0.2, 0.25) is 0 Å². The van der Waals surface area contributed by atoms with Gasteiger partial charge in [0.15, 0.2) is 5.17 Å². The number of thioether (sulfide) groups is 1. The minimum absolute atomic E-state index is 0.175. The highest BCUT2D eigenvalue weighted by Crippen LogP contribution is 2.31. The second-order valence-corrected chi connectivity index (χ2v) is 8.70. The fourth-order valence-electron chi connectivity index (χ4n) is 3.33. The van der Waals surface area contributed by atoms with Crippen molar-refractivity contribution in [2.75, 3.05) is 5.32 Å². The predicted molar refractivity (Wildman–Crippen MR) is 132 cm³/mol. The van der Waals surface area contributed by atoms with Crippen LogP contribution in [-0.2, 0) is 4.79 Å². The van der Waals surface area contributed by atoms with Gasteiger partial charge >= 0.3 is 0 Å². The summed E-state index contributed by atoms with van der Waals surface area (Å²) in [7, 11) is 0. The Hall–Kier alpha value is -3.64. The fraction of sp³-hybridized carbons (Fsp3) is 0.115. The SMILES string of the molecule is Cc1ccc(C(=O)Nc2cccc(/C=C3\SC(=Nc4c(C)cccc4C)NC3=O)c2)cc1. The first kappa shape index (κ1) is 21.6. The van der Waals surface area contributed by atoms with E-state index in [1.807, 2.05) is 75.4 Å². The Labute approximate surface area is 191 Å². The Morgan fingerprint density at radius 3 is 2.38 bits per heavy atom. The molecule has 0 aliphatic carbocycles. The monoisotopic (exact) mass is 441 g/mol. The number of benzene rings is 3. The van der Waals surface area contributed by atoms with Crippen molar-refractivity contribution in [2.24, 2.45) is 4.99 Å². The zero-order valence-corrected chi connectivity index (χ0v) is 18.9. The molecule has 1 aliphatic heterocycles. The van der Waals surface area contributed by atoms with Gasteiger partial charge in [0.2, 0.25) is 0 Å². The molecule has 5 nitrogen and oxygen atoms in total. The van der Waals surface area contributed by atoms with E-state index in [1.165, 1.54) is 11.8 Å². The Morgan fingerprint density at radius 2 is 1.66 bits per heavy atom. The number of hydrogen-bond acceptors (Lipinski definition) is 4. The number of para-hydroxylation sites is 1. The molecule has 0 saturated carbocycles. The van der Waals surface area contributed by atoms with Crippen LogP contribution in [0.25, 0.3) is 6.08 Å². The molecule has 1 heterocycles. The molecule has 160 valence electrons. The Kier molecular flexibility index (Phi) is 6.23. The second-order valence-electron chi connectivity index (χ2n) is 7.67.